The second-order valence-corrected chi connectivity index (χ2v) is 6.10. The zero-order valence-corrected chi connectivity index (χ0v) is 12.0. The van der Waals surface area contributed by atoms with Gasteiger partial charge in [-0.25, -0.2) is 0 Å². The second-order valence-electron chi connectivity index (χ2n) is 2.53. The van der Waals surface area contributed by atoms with Gasteiger partial charge in [-0.05, 0) is 0 Å². The van der Waals surface area contributed by atoms with Crippen molar-refractivity contribution in [2.75, 3.05) is 5.75 Å². The van der Waals surface area contributed by atoms with Gasteiger partial charge in [0, 0.05) is 5.75 Å². The Labute approximate surface area is 115 Å². The molecule has 1 atom stereocenters. The van der Waals surface area contributed by atoms with Gasteiger partial charge in [0.25, 0.3) is 0 Å². The molecule has 0 aliphatic rings. The van der Waals surface area contributed by atoms with Crippen molar-refractivity contribution in [3.05, 3.63) is 25.1 Å². The van der Waals surface area contributed by atoms with Gasteiger partial charge in [-0.2, -0.15) is 0 Å². The maximum Gasteiger partial charge on any atom is 0.0809 e. The molecule has 1 nitrogen and oxygen atoms in total. The second kappa shape index (κ2) is 5.44. The van der Waals surface area contributed by atoms with E-state index in [-0.39, 0.29) is 30.0 Å². The Morgan fingerprint density at radius 2 is 1.20 bits per heavy atom. The Bertz CT molecular complexity index is 403. The number of benzene rings is 1. The van der Waals surface area contributed by atoms with Crippen molar-refractivity contribution in [3.63, 3.8) is 0 Å². The van der Waals surface area contributed by atoms with Crippen LogP contribution in [-0.2, 0) is 10.8 Å². The highest BCUT2D eigenvalue weighted by Crippen LogP contribution is 2.45. The van der Waals surface area contributed by atoms with Crippen LogP contribution in [0.3, 0.4) is 0 Å². The van der Waals surface area contributed by atoms with Crippen LogP contribution >= 0.6 is 58.0 Å². The lowest BCUT2D eigenvalue weighted by Gasteiger charge is -2.10. The van der Waals surface area contributed by atoms with Crippen LogP contribution in [0.25, 0.3) is 0 Å². The standard InChI is InChI=1S/C8H5Cl5OS/c1-2-15(14)8-6(12)4(10)3(9)5(11)7(8)13/h2H2,1H3/t15-/m1/s1. The van der Waals surface area contributed by atoms with Crippen LogP contribution in [0.5, 0.6) is 0 Å². The minimum absolute atomic E-state index is 0.0736. The van der Waals surface area contributed by atoms with Crippen molar-refractivity contribution in [2.45, 2.75) is 11.8 Å². The molecule has 84 valence electrons. The van der Waals surface area contributed by atoms with Crippen LogP contribution in [0, 0.1) is 0 Å². The largest absolute Gasteiger partial charge is 0.254 e. The highest BCUT2D eigenvalue weighted by molar-refractivity contribution is 7.85. The lowest BCUT2D eigenvalue weighted by atomic mass is 10.3. The summed E-state index contributed by atoms with van der Waals surface area (Å²) in [6.07, 6.45) is 0. The van der Waals surface area contributed by atoms with Gasteiger partial charge >= 0.3 is 0 Å². The van der Waals surface area contributed by atoms with Crippen LogP contribution in [0.1, 0.15) is 6.92 Å². The smallest absolute Gasteiger partial charge is 0.0809 e. The SMILES string of the molecule is CC[S@@](=O)c1c(Cl)c(Cl)c(Cl)c(Cl)c1Cl. The van der Waals surface area contributed by atoms with Crippen LogP contribution < -0.4 is 0 Å². The third-order valence-corrected chi connectivity index (χ3v) is 5.55. The molecule has 15 heavy (non-hydrogen) atoms. The van der Waals surface area contributed by atoms with E-state index in [2.05, 4.69) is 0 Å². The molecule has 1 rings (SSSR count). The third kappa shape index (κ3) is 2.56. The summed E-state index contributed by atoms with van der Waals surface area (Å²) in [5, 5.41) is 0.409. The molecule has 0 heterocycles. The average Bonchev–Trinajstić information content (AvgIpc) is 2.23. The molecular weight excluding hydrogens is 321 g/mol. The molecule has 1 aromatic carbocycles. The minimum Gasteiger partial charge on any atom is -0.254 e. The Morgan fingerprint density at radius 3 is 1.53 bits per heavy atom. The van der Waals surface area contributed by atoms with Crippen molar-refractivity contribution in [2.24, 2.45) is 0 Å². The Hall–Kier alpha value is 0.820. The van der Waals surface area contributed by atoms with E-state index < -0.39 is 10.8 Å². The summed E-state index contributed by atoms with van der Waals surface area (Å²) in [6.45, 7) is 1.74. The molecule has 0 radical (unpaired) electrons. The fourth-order valence-corrected chi connectivity index (χ4v) is 3.59. The maximum atomic E-state index is 11.7. The summed E-state index contributed by atoms with van der Waals surface area (Å²) in [6, 6.07) is 0. The molecule has 0 N–H and O–H groups in total. The lowest BCUT2D eigenvalue weighted by molar-refractivity contribution is 0.684. The first-order chi connectivity index (χ1) is 6.91. The van der Waals surface area contributed by atoms with Crippen LogP contribution in [0.15, 0.2) is 4.90 Å². The minimum atomic E-state index is -1.33. The molecule has 0 unspecified atom stereocenters. The van der Waals surface area contributed by atoms with Crippen LogP contribution in [0.4, 0.5) is 0 Å². The number of hydrogen-bond donors (Lipinski definition) is 0. The van der Waals surface area contributed by atoms with Gasteiger partial charge in [-0.15, -0.1) is 0 Å². The zero-order chi connectivity index (χ0) is 11.7. The fourth-order valence-electron chi connectivity index (χ4n) is 0.929. The van der Waals surface area contributed by atoms with E-state index in [1.54, 1.807) is 6.92 Å². The van der Waals surface area contributed by atoms with E-state index in [1.165, 1.54) is 0 Å². The highest BCUT2D eigenvalue weighted by Gasteiger charge is 2.22. The van der Waals surface area contributed by atoms with Crippen molar-refractivity contribution in [1.82, 2.24) is 0 Å². The molecule has 0 aliphatic carbocycles. The highest BCUT2D eigenvalue weighted by atomic mass is 35.5. The number of hydrogen-bond acceptors (Lipinski definition) is 1. The summed E-state index contributed by atoms with van der Waals surface area (Å²) < 4.78 is 11.7. The molecule has 0 bridgehead atoms. The van der Waals surface area contributed by atoms with E-state index in [0.717, 1.165) is 0 Å². The van der Waals surface area contributed by atoms with E-state index in [4.69, 9.17) is 58.0 Å². The normalized spacial score (nSPS) is 12.9. The lowest BCUT2D eigenvalue weighted by Crippen LogP contribution is -1.98. The van der Waals surface area contributed by atoms with E-state index in [1.807, 2.05) is 0 Å². The number of halogens is 5. The van der Waals surface area contributed by atoms with Crippen LogP contribution in [0.2, 0.25) is 25.1 Å². The summed E-state index contributed by atoms with van der Waals surface area (Å²) in [4.78, 5) is 0.236. The van der Waals surface area contributed by atoms with Crippen LogP contribution in [-0.4, -0.2) is 9.96 Å². The van der Waals surface area contributed by atoms with Gasteiger partial charge < -0.3 is 0 Å². The molecule has 0 saturated heterocycles. The quantitative estimate of drug-likeness (QED) is 0.547. The first kappa shape index (κ1) is 13.9. The Kier molecular flexibility index (Phi) is 5.03. The summed E-state index contributed by atoms with van der Waals surface area (Å²) in [5.74, 6) is 0.369. The zero-order valence-electron chi connectivity index (χ0n) is 7.41. The fraction of sp³-hybridized carbons (Fsp3) is 0.250. The van der Waals surface area contributed by atoms with Gasteiger partial charge in [-0.3, -0.25) is 4.21 Å². The predicted octanol–water partition coefficient (Wildman–Crippen LogP) is 5.08. The molecule has 1 aromatic rings. The Balaban J connectivity index is 3.60. The van der Waals surface area contributed by atoms with Gasteiger partial charge in [0.05, 0.1) is 40.8 Å². The topological polar surface area (TPSA) is 17.1 Å². The Morgan fingerprint density at radius 1 is 0.867 bits per heavy atom. The first-order valence-corrected chi connectivity index (χ1v) is 7.02. The number of rotatable bonds is 2. The average molecular weight is 326 g/mol. The van der Waals surface area contributed by atoms with Crippen molar-refractivity contribution in [3.8, 4) is 0 Å². The van der Waals surface area contributed by atoms with Gasteiger partial charge in [0.15, 0.2) is 0 Å². The van der Waals surface area contributed by atoms with E-state index in [9.17, 15) is 4.21 Å². The summed E-state index contributed by atoms with van der Waals surface area (Å²) in [7, 11) is -1.33. The molecule has 0 amide bonds. The maximum absolute atomic E-state index is 11.7. The van der Waals surface area contributed by atoms with Gasteiger partial charge in [-0.1, -0.05) is 64.9 Å². The molecule has 7 heteroatoms. The first-order valence-electron chi connectivity index (χ1n) is 3.81. The molecule has 0 aromatic heterocycles. The summed E-state index contributed by atoms with van der Waals surface area (Å²) in [5.41, 5.74) is 0. The summed E-state index contributed by atoms with van der Waals surface area (Å²) >= 11 is 29.2. The third-order valence-electron chi connectivity index (χ3n) is 1.66. The van der Waals surface area contributed by atoms with E-state index in [0.29, 0.717) is 5.75 Å². The van der Waals surface area contributed by atoms with Crippen molar-refractivity contribution >= 4 is 68.8 Å². The predicted molar refractivity (Wildman–Crippen MR) is 68.4 cm³/mol. The monoisotopic (exact) mass is 324 g/mol. The molecule has 0 saturated carbocycles. The molecule has 0 aliphatic heterocycles. The van der Waals surface area contributed by atoms with Crippen molar-refractivity contribution < 1.29 is 4.21 Å². The molecule has 0 spiro atoms. The molecular formula is C8H5Cl5OS. The van der Waals surface area contributed by atoms with Crippen molar-refractivity contribution in [1.29, 1.82) is 0 Å². The van der Waals surface area contributed by atoms with Gasteiger partial charge in [0.1, 0.15) is 0 Å². The van der Waals surface area contributed by atoms with Gasteiger partial charge in [0.2, 0.25) is 0 Å². The molecule has 0 fully saturated rings. The van der Waals surface area contributed by atoms with E-state index >= 15 is 0 Å².